The van der Waals surface area contributed by atoms with E-state index in [1.807, 2.05) is 0 Å². The number of hydrogen-bond acceptors (Lipinski definition) is 0. The van der Waals surface area contributed by atoms with E-state index in [0.717, 1.165) is 0 Å². The van der Waals surface area contributed by atoms with Gasteiger partial charge in [0.2, 0.25) is 0 Å². The summed E-state index contributed by atoms with van der Waals surface area (Å²) in [6.45, 7) is 0. The van der Waals surface area contributed by atoms with Gasteiger partial charge in [-0.05, 0) is 128 Å². The average molecular weight is 721 g/mol. The maximum Gasteiger partial charge on any atom is 0.0713 e. The van der Waals surface area contributed by atoms with Gasteiger partial charge in [-0.1, -0.05) is 200 Å². The van der Waals surface area contributed by atoms with E-state index in [4.69, 9.17) is 0 Å². The molecule has 0 unspecified atom stereocenters. The molecule has 1 aliphatic rings. The first-order valence-electron chi connectivity index (χ1n) is 19.9. The molecular weight excluding hydrogens is 685 g/mol. The highest BCUT2D eigenvalue weighted by molar-refractivity contribution is 6.20. The highest BCUT2D eigenvalue weighted by atomic mass is 14.5. The van der Waals surface area contributed by atoms with E-state index >= 15 is 0 Å². The molecule has 0 aliphatic heterocycles. The first kappa shape index (κ1) is 32.0. The van der Waals surface area contributed by atoms with Crippen LogP contribution in [-0.2, 0) is 5.41 Å². The molecule has 11 aromatic carbocycles. The predicted octanol–water partition coefficient (Wildman–Crippen LogP) is 15.1. The third-order valence-electron chi connectivity index (χ3n) is 12.7. The van der Waals surface area contributed by atoms with Crippen LogP contribution in [0.1, 0.15) is 22.3 Å². The van der Waals surface area contributed by atoms with Crippen LogP contribution in [0, 0.1) is 0 Å². The molecule has 0 atom stereocenters. The lowest BCUT2D eigenvalue weighted by atomic mass is 9.67. The molecule has 0 aromatic heterocycles. The fraction of sp³-hybridized carbons (Fsp3) is 0.0175. The van der Waals surface area contributed by atoms with Gasteiger partial charge >= 0.3 is 0 Å². The van der Waals surface area contributed by atoms with Crippen LogP contribution >= 0.6 is 0 Å². The molecule has 0 amide bonds. The quantitative estimate of drug-likeness (QED) is 0.125. The minimum atomic E-state index is -0.504. The van der Waals surface area contributed by atoms with Gasteiger partial charge in [0, 0.05) is 0 Å². The lowest BCUT2D eigenvalue weighted by molar-refractivity contribution is 0.769. The first-order chi connectivity index (χ1) is 28.3. The molecule has 1 aliphatic carbocycles. The molecule has 0 saturated heterocycles. The molecule has 11 aromatic rings. The smallest absolute Gasteiger partial charge is 0.0622 e. The summed E-state index contributed by atoms with van der Waals surface area (Å²) < 4.78 is 0. The fourth-order valence-corrected chi connectivity index (χ4v) is 10.2. The van der Waals surface area contributed by atoms with Crippen LogP contribution in [0.2, 0.25) is 0 Å². The third-order valence-corrected chi connectivity index (χ3v) is 12.7. The molecule has 0 N–H and O–H groups in total. The van der Waals surface area contributed by atoms with Gasteiger partial charge in [0.15, 0.2) is 0 Å². The van der Waals surface area contributed by atoms with Crippen molar-refractivity contribution < 1.29 is 0 Å². The monoisotopic (exact) mass is 720 g/mol. The van der Waals surface area contributed by atoms with Crippen LogP contribution < -0.4 is 0 Å². The van der Waals surface area contributed by atoms with Gasteiger partial charge in [-0.3, -0.25) is 0 Å². The van der Waals surface area contributed by atoms with Crippen LogP contribution in [0.15, 0.2) is 218 Å². The van der Waals surface area contributed by atoms with Crippen molar-refractivity contribution in [2.45, 2.75) is 5.41 Å². The summed E-state index contributed by atoms with van der Waals surface area (Å²) in [4.78, 5) is 0. The zero-order chi connectivity index (χ0) is 37.5. The standard InChI is InChI=1S/C57H36/c1-3-18-43(19-4-1)57(44-20-5-2-6-21-44)53-32-29-42(55-47-23-12-10-17-40(47)35-51-45-22-11-9-15-38(45)28-30-50(51)55)36-52(53)56-49-25-13-24-46(48(49)31-33-54(56)57)41-27-26-37-14-7-8-16-39(37)34-41/h1-36H. The van der Waals surface area contributed by atoms with E-state index in [9.17, 15) is 0 Å². The van der Waals surface area contributed by atoms with Crippen molar-refractivity contribution >= 4 is 53.9 Å². The molecule has 0 nitrogen and oxygen atoms in total. The molecule has 57 heavy (non-hydrogen) atoms. The van der Waals surface area contributed by atoms with Crippen molar-refractivity contribution in [3.8, 4) is 33.4 Å². The Morgan fingerprint density at radius 3 is 1.61 bits per heavy atom. The molecule has 0 heterocycles. The molecule has 0 saturated carbocycles. The Balaban J connectivity index is 1.20. The summed E-state index contributed by atoms with van der Waals surface area (Å²) in [5.41, 5.74) is 12.3. The van der Waals surface area contributed by atoms with Crippen LogP contribution in [0.25, 0.3) is 87.2 Å². The normalized spacial score (nSPS) is 13.1. The van der Waals surface area contributed by atoms with Crippen molar-refractivity contribution in [3.05, 3.63) is 241 Å². The first-order valence-corrected chi connectivity index (χ1v) is 19.9. The van der Waals surface area contributed by atoms with Crippen LogP contribution in [0.3, 0.4) is 0 Å². The van der Waals surface area contributed by atoms with E-state index in [0.29, 0.717) is 0 Å². The number of rotatable bonds is 4. The molecule has 0 radical (unpaired) electrons. The van der Waals surface area contributed by atoms with Crippen molar-refractivity contribution in [1.82, 2.24) is 0 Å². The summed E-state index contributed by atoms with van der Waals surface area (Å²) in [5.74, 6) is 0. The van der Waals surface area contributed by atoms with Crippen molar-refractivity contribution in [2.24, 2.45) is 0 Å². The maximum atomic E-state index is 2.51. The van der Waals surface area contributed by atoms with Crippen molar-refractivity contribution in [3.63, 3.8) is 0 Å². The Kier molecular flexibility index (Phi) is 6.94. The van der Waals surface area contributed by atoms with E-state index in [2.05, 4.69) is 218 Å². The minimum Gasteiger partial charge on any atom is -0.0622 e. The largest absolute Gasteiger partial charge is 0.0713 e. The van der Waals surface area contributed by atoms with Crippen molar-refractivity contribution in [1.29, 1.82) is 0 Å². The lowest BCUT2D eigenvalue weighted by Gasteiger charge is -2.34. The Morgan fingerprint density at radius 1 is 0.246 bits per heavy atom. The minimum absolute atomic E-state index is 0.504. The Morgan fingerprint density at radius 2 is 0.825 bits per heavy atom. The Bertz CT molecular complexity index is 3350. The van der Waals surface area contributed by atoms with Crippen LogP contribution in [-0.4, -0.2) is 0 Å². The zero-order valence-electron chi connectivity index (χ0n) is 31.3. The maximum absolute atomic E-state index is 2.51. The number of benzene rings is 11. The average Bonchev–Trinajstić information content (AvgIpc) is 3.59. The molecule has 0 heteroatoms. The third kappa shape index (κ3) is 4.62. The van der Waals surface area contributed by atoms with Gasteiger partial charge in [-0.15, -0.1) is 0 Å². The lowest BCUT2D eigenvalue weighted by Crippen LogP contribution is -2.28. The molecular formula is C57H36. The Labute approximate surface area is 331 Å². The highest BCUT2D eigenvalue weighted by Crippen LogP contribution is 2.59. The molecule has 0 fully saturated rings. The van der Waals surface area contributed by atoms with E-state index in [1.165, 1.54) is 109 Å². The second-order valence-corrected chi connectivity index (χ2v) is 15.5. The Hall–Kier alpha value is -7.28. The van der Waals surface area contributed by atoms with E-state index in [1.54, 1.807) is 0 Å². The highest BCUT2D eigenvalue weighted by Gasteiger charge is 2.47. The van der Waals surface area contributed by atoms with Crippen LogP contribution in [0.4, 0.5) is 0 Å². The van der Waals surface area contributed by atoms with E-state index in [-0.39, 0.29) is 0 Å². The fourth-order valence-electron chi connectivity index (χ4n) is 10.2. The summed E-state index contributed by atoms with van der Waals surface area (Å²) in [5, 5.41) is 12.7. The van der Waals surface area contributed by atoms with Crippen molar-refractivity contribution in [2.75, 3.05) is 0 Å². The molecule has 0 spiro atoms. The van der Waals surface area contributed by atoms with Crippen LogP contribution in [0.5, 0.6) is 0 Å². The second kappa shape index (κ2) is 12.4. The van der Waals surface area contributed by atoms with Gasteiger partial charge < -0.3 is 0 Å². The van der Waals surface area contributed by atoms with Gasteiger partial charge in [-0.25, -0.2) is 0 Å². The summed E-state index contributed by atoms with van der Waals surface area (Å²) in [6, 6.07) is 81.6. The van der Waals surface area contributed by atoms with Gasteiger partial charge in [0.25, 0.3) is 0 Å². The summed E-state index contributed by atoms with van der Waals surface area (Å²) in [6.07, 6.45) is 0. The molecule has 12 rings (SSSR count). The van der Waals surface area contributed by atoms with Gasteiger partial charge in [0.05, 0.1) is 5.41 Å². The van der Waals surface area contributed by atoms with E-state index < -0.39 is 5.41 Å². The molecule has 0 bridgehead atoms. The predicted molar refractivity (Wildman–Crippen MR) is 242 cm³/mol. The number of fused-ring (bicyclic) bond motifs is 10. The topological polar surface area (TPSA) is 0 Å². The van der Waals surface area contributed by atoms with Gasteiger partial charge in [-0.2, -0.15) is 0 Å². The second-order valence-electron chi connectivity index (χ2n) is 15.5. The molecule has 264 valence electrons. The number of hydrogen-bond donors (Lipinski definition) is 0. The SMILES string of the molecule is c1ccc(C2(c3ccccc3)c3ccc(-c4c5ccccc5cc5c4ccc4ccccc45)cc3-c3c2ccc2c(-c4ccc5ccccc5c4)cccc32)cc1. The van der Waals surface area contributed by atoms with Gasteiger partial charge in [0.1, 0.15) is 0 Å². The zero-order valence-corrected chi connectivity index (χ0v) is 31.3. The summed E-state index contributed by atoms with van der Waals surface area (Å²) >= 11 is 0. The summed E-state index contributed by atoms with van der Waals surface area (Å²) in [7, 11) is 0.